The molecule has 0 bridgehead atoms. The predicted molar refractivity (Wildman–Crippen MR) is 70.8 cm³/mol. The summed E-state index contributed by atoms with van der Waals surface area (Å²) in [7, 11) is 0. The number of nitriles is 1. The Morgan fingerprint density at radius 3 is 2.88 bits per heavy atom. The highest BCUT2D eigenvalue weighted by Gasteiger charge is 2.09. The Morgan fingerprint density at radius 2 is 2.18 bits per heavy atom. The third kappa shape index (κ3) is 2.43. The van der Waals surface area contributed by atoms with Crippen molar-refractivity contribution in [2.45, 2.75) is 0 Å². The summed E-state index contributed by atoms with van der Waals surface area (Å²) in [5, 5.41) is 20.9. The fraction of sp³-hybridized carbons (Fsp3) is 0.0833. The van der Waals surface area contributed by atoms with Crippen LogP contribution in [0.15, 0.2) is 35.3 Å². The van der Waals surface area contributed by atoms with E-state index in [1.54, 1.807) is 0 Å². The van der Waals surface area contributed by atoms with Crippen molar-refractivity contribution < 1.29 is 0 Å². The van der Waals surface area contributed by atoms with E-state index in [4.69, 9.17) is 5.26 Å². The molecule has 1 heterocycles. The molecule has 0 aliphatic rings. The van der Waals surface area contributed by atoms with Crippen LogP contribution in [0.5, 0.6) is 0 Å². The molecular formula is C12H9BrN4. The van der Waals surface area contributed by atoms with Crippen LogP contribution < -0.4 is 5.32 Å². The van der Waals surface area contributed by atoms with Crippen LogP contribution in [0.25, 0.3) is 10.9 Å². The van der Waals surface area contributed by atoms with Gasteiger partial charge >= 0.3 is 0 Å². The van der Waals surface area contributed by atoms with Gasteiger partial charge in [0, 0.05) is 16.4 Å². The summed E-state index contributed by atoms with van der Waals surface area (Å²) >= 11 is 3.27. The summed E-state index contributed by atoms with van der Waals surface area (Å²) in [4.78, 5) is 0. The molecule has 17 heavy (non-hydrogen) atoms. The van der Waals surface area contributed by atoms with Crippen LogP contribution in [-0.2, 0) is 0 Å². The molecule has 1 aromatic heterocycles. The lowest BCUT2D eigenvalue weighted by Gasteiger charge is -2.09. The molecule has 0 aliphatic heterocycles. The zero-order chi connectivity index (χ0) is 12.3. The first-order valence-corrected chi connectivity index (χ1v) is 5.74. The first-order chi connectivity index (χ1) is 8.22. The molecule has 2 rings (SSSR count). The number of nitrogens with one attached hydrogen (secondary N) is 1. The van der Waals surface area contributed by atoms with Crippen LogP contribution in [0.4, 0.5) is 5.69 Å². The van der Waals surface area contributed by atoms with Crippen molar-refractivity contribution in [3.63, 3.8) is 0 Å². The van der Waals surface area contributed by atoms with Gasteiger partial charge in [0.2, 0.25) is 0 Å². The van der Waals surface area contributed by atoms with E-state index in [-0.39, 0.29) is 5.69 Å². The van der Waals surface area contributed by atoms with E-state index in [2.05, 4.69) is 38.0 Å². The molecule has 2 aromatic rings. The minimum atomic E-state index is 0.289. The standard InChI is InChI=1S/C12H9BrN4/c1-8(13)7-15-12-9-4-2-3-5-10(9)16-17-11(12)6-14/h2-5H,1,7H2,(H,15,16). The molecule has 0 radical (unpaired) electrons. The summed E-state index contributed by atoms with van der Waals surface area (Å²) in [5.41, 5.74) is 1.74. The largest absolute Gasteiger partial charge is 0.377 e. The zero-order valence-electron chi connectivity index (χ0n) is 8.94. The molecule has 0 saturated carbocycles. The highest BCUT2D eigenvalue weighted by atomic mass is 79.9. The second kappa shape index (κ2) is 4.93. The van der Waals surface area contributed by atoms with Gasteiger partial charge < -0.3 is 5.32 Å². The number of aromatic nitrogens is 2. The van der Waals surface area contributed by atoms with Crippen molar-refractivity contribution in [2.75, 3.05) is 11.9 Å². The average Bonchev–Trinajstić information content (AvgIpc) is 2.35. The first-order valence-electron chi connectivity index (χ1n) is 4.95. The van der Waals surface area contributed by atoms with Gasteiger partial charge in [-0.1, -0.05) is 40.7 Å². The molecule has 0 amide bonds. The smallest absolute Gasteiger partial charge is 0.186 e. The maximum Gasteiger partial charge on any atom is 0.186 e. The lowest BCUT2D eigenvalue weighted by atomic mass is 10.1. The van der Waals surface area contributed by atoms with Gasteiger partial charge in [-0.25, -0.2) is 0 Å². The lowest BCUT2D eigenvalue weighted by Crippen LogP contribution is -2.05. The van der Waals surface area contributed by atoms with Crippen molar-refractivity contribution in [2.24, 2.45) is 0 Å². The molecule has 0 unspecified atom stereocenters. The van der Waals surface area contributed by atoms with Crippen molar-refractivity contribution in [1.82, 2.24) is 10.2 Å². The number of nitrogens with zero attached hydrogens (tertiary/aromatic N) is 3. The van der Waals surface area contributed by atoms with Crippen molar-refractivity contribution in [3.8, 4) is 6.07 Å². The summed E-state index contributed by atoms with van der Waals surface area (Å²) in [6.07, 6.45) is 0. The predicted octanol–water partition coefficient (Wildman–Crippen LogP) is 2.82. The second-order valence-electron chi connectivity index (χ2n) is 3.42. The van der Waals surface area contributed by atoms with E-state index in [1.165, 1.54) is 0 Å². The van der Waals surface area contributed by atoms with Gasteiger partial charge in [-0.2, -0.15) is 5.26 Å². The Balaban J connectivity index is 2.55. The minimum Gasteiger partial charge on any atom is -0.377 e. The quantitative estimate of drug-likeness (QED) is 0.943. The summed E-state index contributed by atoms with van der Waals surface area (Å²) < 4.78 is 0.808. The van der Waals surface area contributed by atoms with E-state index >= 15 is 0 Å². The maximum absolute atomic E-state index is 9.02. The molecule has 0 atom stereocenters. The van der Waals surface area contributed by atoms with Crippen LogP contribution in [0.2, 0.25) is 0 Å². The van der Waals surface area contributed by atoms with Gasteiger partial charge in [0.05, 0.1) is 11.2 Å². The Labute approximate surface area is 107 Å². The number of anilines is 1. The van der Waals surface area contributed by atoms with Crippen molar-refractivity contribution in [1.29, 1.82) is 5.26 Å². The molecule has 84 valence electrons. The van der Waals surface area contributed by atoms with Crippen LogP contribution in [0.3, 0.4) is 0 Å². The van der Waals surface area contributed by atoms with E-state index in [0.29, 0.717) is 12.2 Å². The molecule has 1 N–H and O–H groups in total. The number of rotatable bonds is 3. The van der Waals surface area contributed by atoms with Gasteiger partial charge in [-0.15, -0.1) is 10.2 Å². The minimum absolute atomic E-state index is 0.289. The molecule has 0 aliphatic carbocycles. The summed E-state index contributed by atoms with van der Waals surface area (Å²) in [6.45, 7) is 4.27. The zero-order valence-corrected chi connectivity index (χ0v) is 10.5. The Bertz CT molecular complexity index is 615. The topological polar surface area (TPSA) is 61.6 Å². The molecule has 1 aromatic carbocycles. The monoisotopic (exact) mass is 288 g/mol. The number of hydrogen-bond donors (Lipinski definition) is 1. The SMILES string of the molecule is C=C(Br)CNc1c(C#N)nnc2ccccc12. The van der Waals surface area contributed by atoms with Crippen LogP contribution in [0, 0.1) is 11.3 Å². The van der Waals surface area contributed by atoms with E-state index in [9.17, 15) is 0 Å². The lowest BCUT2D eigenvalue weighted by molar-refractivity contribution is 1.05. The van der Waals surface area contributed by atoms with E-state index in [0.717, 1.165) is 15.4 Å². The Hall–Kier alpha value is -1.93. The van der Waals surface area contributed by atoms with E-state index < -0.39 is 0 Å². The van der Waals surface area contributed by atoms with E-state index in [1.807, 2.05) is 30.3 Å². The number of halogens is 1. The first kappa shape index (κ1) is 11.6. The Morgan fingerprint density at radius 1 is 1.41 bits per heavy atom. The van der Waals surface area contributed by atoms with Gasteiger partial charge in [0.15, 0.2) is 5.69 Å². The van der Waals surface area contributed by atoms with Crippen LogP contribution >= 0.6 is 15.9 Å². The molecule has 0 fully saturated rings. The summed E-state index contributed by atoms with van der Waals surface area (Å²) in [5.74, 6) is 0. The van der Waals surface area contributed by atoms with Crippen molar-refractivity contribution in [3.05, 3.63) is 41.0 Å². The highest BCUT2D eigenvalue weighted by Crippen LogP contribution is 2.24. The fourth-order valence-corrected chi connectivity index (χ4v) is 1.64. The Kier molecular flexibility index (Phi) is 3.35. The molecule has 5 heteroatoms. The molecule has 0 saturated heterocycles. The van der Waals surface area contributed by atoms with Crippen LogP contribution in [-0.4, -0.2) is 16.7 Å². The second-order valence-corrected chi connectivity index (χ2v) is 4.54. The highest BCUT2D eigenvalue weighted by molar-refractivity contribution is 9.11. The van der Waals surface area contributed by atoms with Crippen molar-refractivity contribution >= 4 is 32.5 Å². The van der Waals surface area contributed by atoms with Gasteiger partial charge in [-0.05, 0) is 6.07 Å². The van der Waals surface area contributed by atoms with Gasteiger partial charge in [-0.3, -0.25) is 0 Å². The normalized spacial score (nSPS) is 9.88. The fourth-order valence-electron chi connectivity index (χ4n) is 1.50. The number of benzene rings is 1. The third-order valence-electron chi connectivity index (χ3n) is 2.23. The number of fused-ring (bicyclic) bond motifs is 1. The van der Waals surface area contributed by atoms with Gasteiger partial charge in [0.1, 0.15) is 6.07 Å². The average molecular weight is 289 g/mol. The molecule has 0 spiro atoms. The summed E-state index contributed by atoms with van der Waals surface area (Å²) in [6, 6.07) is 9.58. The maximum atomic E-state index is 9.02. The third-order valence-corrected chi connectivity index (χ3v) is 2.51. The number of hydrogen-bond acceptors (Lipinski definition) is 4. The van der Waals surface area contributed by atoms with Gasteiger partial charge in [0.25, 0.3) is 0 Å². The molecule has 4 nitrogen and oxygen atoms in total. The van der Waals surface area contributed by atoms with Crippen LogP contribution in [0.1, 0.15) is 5.69 Å². The molecular weight excluding hydrogens is 280 g/mol.